The van der Waals surface area contributed by atoms with E-state index in [1.54, 1.807) is 11.8 Å². The van der Waals surface area contributed by atoms with Crippen molar-refractivity contribution in [2.75, 3.05) is 18.4 Å². The van der Waals surface area contributed by atoms with Crippen LogP contribution in [0.15, 0.2) is 0 Å². The quantitative estimate of drug-likeness (QED) is 0.896. The van der Waals surface area contributed by atoms with Crippen molar-refractivity contribution in [1.82, 2.24) is 14.3 Å². The SMILES string of the molecule is Cc1nsc(NC(=O)N2CCC([C@H](O)C(C)C)CC2)n1. The Labute approximate surface area is 123 Å². The van der Waals surface area contributed by atoms with Crippen LogP contribution in [-0.4, -0.2) is 44.6 Å². The van der Waals surface area contributed by atoms with Gasteiger partial charge in [-0.15, -0.1) is 0 Å². The van der Waals surface area contributed by atoms with Crippen LogP contribution in [0.25, 0.3) is 0 Å². The summed E-state index contributed by atoms with van der Waals surface area (Å²) in [6, 6.07) is -0.126. The predicted octanol–water partition coefficient (Wildman–Crippen LogP) is 2.11. The normalized spacial score (nSPS) is 18.4. The third-order valence-electron chi connectivity index (χ3n) is 3.73. The third-order valence-corrected chi connectivity index (χ3v) is 4.46. The number of rotatable bonds is 3. The fourth-order valence-corrected chi connectivity index (χ4v) is 3.07. The summed E-state index contributed by atoms with van der Waals surface area (Å²) >= 11 is 1.19. The molecule has 0 aromatic carbocycles. The Bertz CT molecular complexity index is 455. The summed E-state index contributed by atoms with van der Waals surface area (Å²) in [5.41, 5.74) is 0. The molecule has 7 heteroatoms. The monoisotopic (exact) mass is 298 g/mol. The van der Waals surface area contributed by atoms with Crippen LogP contribution in [0.5, 0.6) is 0 Å². The molecule has 1 aromatic rings. The highest BCUT2D eigenvalue weighted by Crippen LogP contribution is 2.25. The Balaban J connectivity index is 1.83. The first kappa shape index (κ1) is 15.2. The number of likely N-dealkylation sites (tertiary alicyclic amines) is 1. The number of urea groups is 1. The van der Waals surface area contributed by atoms with Crippen molar-refractivity contribution in [3.05, 3.63) is 5.82 Å². The second-order valence-electron chi connectivity index (χ2n) is 5.64. The molecule has 1 saturated heterocycles. The van der Waals surface area contributed by atoms with Gasteiger partial charge in [-0.1, -0.05) is 13.8 Å². The van der Waals surface area contributed by atoms with Crippen LogP contribution in [0.4, 0.5) is 9.93 Å². The molecule has 1 aliphatic rings. The fourth-order valence-electron chi connectivity index (χ4n) is 2.51. The molecule has 0 saturated carbocycles. The number of nitrogens with one attached hydrogen (secondary N) is 1. The fraction of sp³-hybridized carbons (Fsp3) is 0.769. The molecule has 6 nitrogen and oxygen atoms in total. The molecule has 0 unspecified atom stereocenters. The number of hydrogen-bond acceptors (Lipinski definition) is 5. The number of anilines is 1. The number of aromatic nitrogens is 2. The van der Waals surface area contributed by atoms with Gasteiger partial charge in [0.1, 0.15) is 5.82 Å². The van der Waals surface area contributed by atoms with E-state index < -0.39 is 0 Å². The van der Waals surface area contributed by atoms with Crippen LogP contribution in [0.3, 0.4) is 0 Å². The lowest BCUT2D eigenvalue weighted by Crippen LogP contribution is -2.44. The maximum Gasteiger partial charge on any atom is 0.323 e. The number of aliphatic hydroxyl groups is 1. The van der Waals surface area contributed by atoms with E-state index in [-0.39, 0.29) is 18.1 Å². The lowest BCUT2D eigenvalue weighted by molar-refractivity contribution is 0.0355. The standard InChI is InChI=1S/C13H22N4O2S/c1-8(2)11(18)10-4-6-17(7-5-10)13(19)15-12-14-9(3)16-20-12/h8,10-11,18H,4-7H2,1-3H3,(H,14,15,16,19)/t11-/m1/s1. The van der Waals surface area contributed by atoms with Crippen LogP contribution in [0, 0.1) is 18.8 Å². The Morgan fingerprint density at radius 1 is 1.45 bits per heavy atom. The minimum atomic E-state index is -0.272. The molecule has 1 aliphatic heterocycles. The van der Waals surface area contributed by atoms with E-state index >= 15 is 0 Å². The summed E-state index contributed by atoms with van der Waals surface area (Å²) in [4.78, 5) is 18.0. The van der Waals surface area contributed by atoms with Crippen molar-refractivity contribution < 1.29 is 9.90 Å². The summed E-state index contributed by atoms with van der Waals surface area (Å²) in [6.45, 7) is 7.21. The van der Waals surface area contributed by atoms with Gasteiger partial charge in [-0.3, -0.25) is 5.32 Å². The van der Waals surface area contributed by atoms with Crippen molar-refractivity contribution in [2.24, 2.45) is 11.8 Å². The number of aryl methyl sites for hydroxylation is 1. The van der Waals surface area contributed by atoms with Gasteiger partial charge in [-0.25, -0.2) is 9.78 Å². The van der Waals surface area contributed by atoms with Crippen molar-refractivity contribution in [2.45, 2.75) is 39.7 Å². The highest BCUT2D eigenvalue weighted by atomic mass is 32.1. The number of amides is 2. The molecule has 0 bridgehead atoms. The molecule has 20 heavy (non-hydrogen) atoms. The number of piperidine rings is 1. The Kier molecular flexibility index (Phi) is 4.93. The molecule has 2 heterocycles. The van der Waals surface area contributed by atoms with Crippen LogP contribution < -0.4 is 5.32 Å². The minimum absolute atomic E-state index is 0.126. The molecule has 0 radical (unpaired) electrons. The first-order valence-corrected chi connectivity index (χ1v) is 7.79. The molecule has 2 rings (SSSR count). The van der Waals surface area contributed by atoms with Gasteiger partial charge in [0.05, 0.1) is 6.10 Å². The lowest BCUT2D eigenvalue weighted by atomic mass is 9.86. The smallest absolute Gasteiger partial charge is 0.323 e. The van der Waals surface area contributed by atoms with Gasteiger partial charge in [0.25, 0.3) is 0 Å². The van der Waals surface area contributed by atoms with Crippen LogP contribution in [0.2, 0.25) is 0 Å². The molecule has 1 atom stereocenters. The molecule has 1 aromatic heterocycles. The Morgan fingerprint density at radius 2 is 2.10 bits per heavy atom. The summed E-state index contributed by atoms with van der Waals surface area (Å²) < 4.78 is 4.03. The highest BCUT2D eigenvalue weighted by Gasteiger charge is 2.29. The van der Waals surface area contributed by atoms with E-state index in [4.69, 9.17) is 0 Å². The molecular weight excluding hydrogens is 276 g/mol. The minimum Gasteiger partial charge on any atom is -0.393 e. The number of carbonyl (C=O) groups is 1. The number of nitrogens with zero attached hydrogens (tertiary/aromatic N) is 3. The van der Waals surface area contributed by atoms with Gasteiger partial charge in [0, 0.05) is 24.6 Å². The van der Waals surface area contributed by atoms with Crippen LogP contribution in [0.1, 0.15) is 32.5 Å². The average molecular weight is 298 g/mol. The molecule has 2 amide bonds. The first-order valence-electron chi connectivity index (χ1n) is 7.01. The molecule has 1 fully saturated rings. The first-order chi connectivity index (χ1) is 9.47. The summed E-state index contributed by atoms with van der Waals surface area (Å²) in [5, 5.41) is 13.4. The van der Waals surface area contributed by atoms with E-state index in [0.29, 0.717) is 30.0 Å². The van der Waals surface area contributed by atoms with Crippen LogP contribution in [-0.2, 0) is 0 Å². The molecule has 2 N–H and O–H groups in total. The zero-order valence-electron chi connectivity index (χ0n) is 12.2. The van der Waals surface area contributed by atoms with Gasteiger partial charge in [-0.2, -0.15) is 4.37 Å². The lowest BCUT2D eigenvalue weighted by Gasteiger charge is -2.35. The second-order valence-corrected chi connectivity index (χ2v) is 6.39. The van der Waals surface area contributed by atoms with E-state index in [1.807, 2.05) is 13.8 Å². The van der Waals surface area contributed by atoms with Gasteiger partial charge in [-0.05, 0) is 31.6 Å². The van der Waals surface area contributed by atoms with Crippen LogP contribution >= 0.6 is 11.5 Å². The van der Waals surface area contributed by atoms with Crippen molar-refractivity contribution >= 4 is 22.7 Å². The number of carbonyl (C=O) groups excluding carboxylic acids is 1. The third kappa shape index (κ3) is 3.67. The van der Waals surface area contributed by atoms with E-state index in [9.17, 15) is 9.90 Å². The second kappa shape index (κ2) is 6.49. The summed E-state index contributed by atoms with van der Waals surface area (Å²) in [7, 11) is 0. The average Bonchev–Trinajstić information content (AvgIpc) is 2.83. The topological polar surface area (TPSA) is 78.4 Å². The van der Waals surface area contributed by atoms with E-state index in [0.717, 1.165) is 12.8 Å². The van der Waals surface area contributed by atoms with Gasteiger partial charge < -0.3 is 10.0 Å². The Morgan fingerprint density at radius 3 is 2.60 bits per heavy atom. The van der Waals surface area contributed by atoms with Crippen molar-refractivity contribution in [3.63, 3.8) is 0 Å². The maximum absolute atomic E-state index is 12.1. The predicted molar refractivity (Wildman–Crippen MR) is 78.8 cm³/mol. The number of aliphatic hydroxyl groups excluding tert-OH is 1. The summed E-state index contributed by atoms with van der Waals surface area (Å²) in [6.07, 6.45) is 1.43. The highest BCUT2D eigenvalue weighted by molar-refractivity contribution is 7.09. The molecular formula is C13H22N4O2S. The molecule has 0 aliphatic carbocycles. The maximum atomic E-state index is 12.1. The zero-order chi connectivity index (χ0) is 14.7. The Hall–Kier alpha value is -1.21. The van der Waals surface area contributed by atoms with E-state index in [1.165, 1.54) is 11.5 Å². The van der Waals surface area contributed by atoms with Gasteiger partial charge in [0.2, 0.25) is 5.13 Å². The number of hydrogen-bond donors (Lipinski definition) is 2. The van der Waals surface area contributed by atoms with Gasteiger partial charge in [0.15, 0.2) is 0 Å². The largest absolute Gasteiger partial charge is 0.393 e. The van der Waals surface area contributed by atoms with Crippen molar-refractivity contribution in [1.29, 1.82) is 0 Å². The molecule has 0 spiro atoms. The summed E-state index contributed by atoms with van der Waals surface area (Å²) in [5.74, 6) is 1.23. The van der Waals surface area contributed by atoms with Gasteiger partial charge >= 0.3 is 6.03 Å². The van der Waals surface area contributed by atoms with E-state index in [2.05, 4.69) is 14.7 Å². The molecule has 112 valence electrons. The zero-order valence-corrected chi connectivity index (χ0v) is 13.0. The van der Waals surface area contributed by atoms with Crippen molar-refractivity contribution in [3.8, 4) is 0 Å².